The first-order valence-electron chi connectivity index (χ1n) is 14.0. The summed E-state index contributed by atoms with van der Waals surface area (Å²) in [4.78, 5) is 4.37. The van der Waals surface area contributed by atoms with Crippen LogP contribution in [0.1, 0.15) is 49.7 Å². The van der Waals surface area contributed by atoms with Gasteiger partial charge < -0.3 is 20.0 Å². The van der Waals surface area contributed by atoms with Gasteiger partial charge in [0, 0.05) is 63.5 Å². The van der Waals surface area contributed by atoms with E-state index in [0.29, 0.717) is 63.5 Å². The minimum atomic E-state index is -3.60. The molecule has 2 fully saturated rings. The van der Waals surface area contributed by atoms with E-state index in [1.54, 1.807) is 12.1 Å². The molecule has 4 rings (SSSR count). The van der Waals surface area contributed by atoms with Crippen molar-refractivity contribution in [1.29, 1.82) is 0 Å². The molecule has 40 heavy (non-hydrogen) atoms. The fourth-order valence-electron chi connectivity index (χ4n) is 5.29. The Morgan fingerprint density at radius 1 is 0.625 bits per heavy atom. The number of piperidine rings is 2. The highest BCUT2D eigenvalue weighted by Gasteiger charge is 2.28. The molecule has 0 spiro atoms. The third-order valence-electron chi connectivity index (χ3n) is 7.75. The number of likely N-dealkylation sites (N-methyl/N-ethyl adjacent to an activating group) is 2. The lowest BCUT2D eigenvalue weighted by Gasteiger charge is -2.27. The van der Waals surface area contributed by atoms with E-state index in [-0.39, 0.29) is 21.3 Å². The zero-order valence-corrected chi connectivity index (χ0v) is 25.1. The maximum absolute atomic E-state index is 13.1. The van der Waals surface area contributed by atoms with E-state index < -0.39 is 20.0 Å². The third-order valence-corrected chi connectivity index (χ3v) is 11.5. The van der Waals surface area contributed by atoms with Gasteiger partial charge in [0.15, 0.2) is 0 Å². The molecule has 10 nitrogen and oxygen atoms in total. The number of hydrogen-bond acceptors (Lipinski definition) is 8. The molecule has 222 valence electrons. The van der Waals surface area contributed by atoms with Crippen LogP contribution in [-0.4, -0.2) is 98.8 Å². The number of sulfonamides is 2. The van der Waals surface area contributed by atoms with E-state index in [1.165, 1.54) is 32.9 Å². The van der Waals surface area contributed by atoms with E-state index in [1.807, 2.05) is 23.9 Å². The molecule has 0 bridgehead atoms. The molecule has 2 saturated heterocycles. The molecule has 0 aliphatic carbocycles. The summed E-state index contributed by atoms with van der Waals surface area (Å²) in [5, 5.41) is 20.8. The SMILES string of the molecule is CN(CCN(C)Cc1cc(S(=O)(=O)N2CCCCC2)ccc1O)Cc1cc(S(=O)(=O)N2CCCCC2)ccc1O. The Bertz CT molecular complexity index is 1270. The third kappa shape index (κ3) is 7.34. The molecule has 2 aromatic carbocycles. The molecule has 0 radical (unpaired) electrons. The van der Waals surface area contributed by atoms with E-state index in [9.17, 15) is 27.0 Å². The van der Waals surface area contributed by atoms with Gasteiger partial charge in [0.1, 0.15) is 11.5 Å². The van der Waals surface area contributed by atoms with Crippen molar-refractivity contribution >= 4 is 20.0 Å². The maximum Gasteiger partial charge on any atom is 0.243 e. The normalized spacial score (nSPS) is 18.0. The Hall–Kier alpha value is -2.22. The van der Waals surface area contributed by atoms with E-state index in [4.69, 9.17) is 0 Å². The summed E-state index contributed by atoms with van der Waals surface area (Å²) in [6.07, 6.45) is 5.50. The Morgan fingerprint density at radius 3 is 1.32 bits per heavy atom. The van der Waals surface area contributed by atoms with Crippen LogP contribution in [0.3, 0.4) is 0 Å². The van der Waals surface area contributed by atoms with E-state index in [2.05, 4.69) is 0 Å². The number of phenolic OH excluding ortho intramolecular Hbond substituents is 2. The van der Waals surface area contributed by atoms with Gasteiger partial charge in [-0.25, -0.2) is 16.8 Å². The zero-order valence-electron chi connectivity index (χ0n) is 23.5. The fraction of sp³-hybridized carbons (Fsp3) is 0.571. The molecule has 2 aromatic rings. The summed E-state index contributed by atoms with van der Waals surface area (Å²) in [6.45, 7) is 4.01. The Kier molecular flexibility index (Phi) is 10.1. The van der Waals surface area contributed by atoms with Crippen LogP contribution in [0.15, 0.2) is 46.2 Å². The molecule has 12 heteroatoms. The van der Waals surface area contributed by atoms with Gasteiger partial charge in [-0.1, -0.05) is 12.8 Å². The summed E-state index contributed by atoms with van der Waals surface area (Å²) in [7, 11) is -3.41. The van der Waals surface area contributed by atoms with Crippen molar-refractivity contribution < 1.29 is 27.0 Å². The first kappa shape index (κ1) is 30.7. The standard InChI is InChI=1S/C28H42N4O6S2/c1-29(21-23-19-25(9-11-27(23)33)39(35,36)31-13-5-3-6-14-31)17-18-30(2)22-24-20-26(10-12-28(24)34)40(37,38)32-15-7-4-8-16-32/h9-12,19-20,33-34H,3-8,13-18,21-22H2,1-2H3. The smallest absolute Gasteiger partial charge is 0.243 e. The summed E-state index contributed by atoms with van der Waals surface area (Å²) >= 11 is 0. The van der Waals surface area contributed by atoms with Crippen molar-refractivity contribution in [1.82, 2.24) is 18.4 Å². The van der Waals surface area contributed by atoms with E-state index >= 15 is 0 Å². The second-order valence-electron chi connectivity index (χ2n) is 11.0. The minimum absolute atomic E-state index is 0.0504. The molecule has 2 N–H and O–H groups in total. The lowest BCUT2D eigenvalue weighted by Crippen LogP contribution is -2.35. The lowest BCUT2D eigenvalue weighted by molar-refractivity contribution is 0.243. The number of hydrogen-bond donors (Lipinski definition) is 2. The van der Waals surface area contributed by atoms with Crippen LogP contribution in [0.5, 0.6) is 11.5 Å². The number of rotatable bonds is 11. The molecule has 0 aromatic heterocycles. The van der Waals surface area contributed by atoms with Gasteiger partial charge in [0.2, 0.25) is 20.0 Å². The average Bonchev–Trinajstić information content (AvgIpc) is 2.95. The topological polar surface area (TPSA) is 122 Å². The number of aromatic hydroxyl groups is 2. The van der Waals surface area contributed by atoms with Gasteiger partial charge in [-0.2, -0.15) is 8.61 Å². The van der Waals surface area contributed by atoms with Crippen LogP contribution in [-0.2, 0) is 33.1 Å². The molecule has 2 heterocycles. The molecule has 2 aliphatic heterocycles. The summed E-state index contributed by atoms with van der Waals surface area (Å²) in [5.74, 6) is 0.101. The van der Waals surface area contributed by atoms with Gasteiger partial charge in [-0.15, -0.1) is 0 Å². The van der Waals surface area contributed by atoms with Gasteiger partial charge in [-0.3, -0.25) is 0 Å². The van der Waals surface area contributed by atoms with Crippen LogP contribution < -0.4 is 0 Å². The van der Waals surface area contributed by atoms with Crippen molar-refractivity contribution in [2.75, 3.05) is 53.4 Å². The largest absolute Gasteiger partial charge is 0.508 e. The molecule has 0 saturated carbocycles. The number of phenols is 2. The molecule has 0 unspecified atom stereocenters. The second-order valence-corrected chi connectivity index (χ2v) is 14.9. The molecular weight excluding hydrogens is 552 g/mol. The highest BCUT2D eigenvalue weighted by atomic mass is 32.2. The van der Waals surface area contributed by atoms with Crippen LogP contribution in [0.2, 0.25) is 0 Å². The minimum Gasteiger partial charge on any atom is -0.508 e. The van der Waals surface area contributed by atoms with E-state index in [0.717, 1.165) is 38.5 Å². The van der Waals surface area contributed by atoms with Gasteiger partial charge in [0.25, 0.3) is 0 Å². The first-order chi connectivity index (χ1) is 19.0. The summed E-state index contributed by atoms with van der Waals surface area (Å²) in [5.41, 5.74) is 1.08. The van der Waals surface area contributed by atoms with Crippen molar-refractivity contribution in [3.05, 3.63) is 47.5 Å². The summed E-state index contributed by atoms with van der Waals surface area (Å²) in [6, 6.07) is 8.93. The van der Waals surface area contributed by atoms with Crippen LogP contribution in [0.4, 0.5) is 0 Å². The first-order valence-corrected chi connectivity index (χ1v) is 16.9. The average molecular weight is 595 g/mol. The van der Waals surface area contributed by atoms with Crippen molar-refractivity contribution in [2.45, 2.75) is 61.4 Å². The monoisotopic (exact) mass is 594 g/mol. The number of nitrogens with zero attached hydrogens (tertiary/aromatic N) is 4. The van der Waals surface area contributed by atoms with Crippen LogP contribution >= 0.6 is 0 Å². The van der Waals surface area contributed by atoms with Gasteiger partial charge in [-0.05, 0) is 76.2 Å². The van der Waals surface area contributed by atoms with Crippen LogP contribution in [0, 0.1) is 0 Å². The highest BCUT2D eigenvalue weighted by molar-refractivity contribution is 7.89. The Labute approximate surface area is 238 Å². The predicted octanol–water partition coefficient (Wildman–Crippen LogP) is 3.01. The predicted molar refractivity (Wildman–Crippen MR) is 154 cm³/mol. The molecule has 0 atom stereocenters. The van der Waals surface area contributed by atoms with Crippen molar-refractivity contribution in [3.8, 4) is 11.5 Å². The van der Waals surface area contributed by atoms with Crippen molar-refractivity contribution in [3.63, 3.8) is 0 Å². The molecule has 2 aliphatic rings. The Morgan fingerprint density at radius 2 is 0.975 bits per heavy atom. The second kappa shape index (κ2) is 13.2. The highest BCUT2D eigenvalue weighted by Crippen LogP contribution is 2.28. The number of benzene rings is 2. The van der Waals surface area contributed by atoms with Gasteiger partial charge in [0.05, 0.1) is 9.79 Å². The fourth-order valence-corrected chi connectivity index (χ4v) is 8.42. The quantitative estimate of drug-likeness (QED) is 0.407. The van der Waals surface area contributed by atoms with Crippen LogP contribution in [0.25, 0.3) is 0 Å². The Balaban J connectivity index is 1.36. The lowest BCUT2D eigenvalue weighted by atomic mass is 10.2. The van der Waals surface area contributed by atoms with Gasteiger partial charge >= 0.3 is 0 Å². The maximum atomic E-state index is 13.1. The molecule has 0 amide bonds. The molecular formula is C28H42N4O6S2. The zero-order chi connectivity index (χ0) is 28.9. The summed E-state index contributed by atoms with van der Waals surface area (Å²) < 4.78 is 55.4. The van der Waals surface area contributed by atoms with Crippen molar-refractivity contribution in [2.24, 2.45) is 0 Å².